The molecule has 11 heteroatoms. The van der Waals surface area contributed by atoms with Gasteiger partial charge in [-0.1, -0.05) is 25.7 Å². The van der Waals surface area contributed by atoms with Crippen LogP contribution >= 0.6 is 0 Å². The second-order valence-corrected chi connectivity index (χ2v) is 9.75. The third kappa shape index (κ3) is 6.54. The molecule has 1 aromatic carbocycles. The van der Waals surface area contributed by atoms with Crippen LogP contribution in [0.5, 0.6) is 11.5 Å². The van der Waals surface area contributed by atoms with E-state index in [-0.39, 0.29) is 24.0 Å². The molecule has 36 heavy (non-hydrogen) atoms. The van der Waals surface area contributed by atoms with Crippen molar-refractivity contribution in [2.24, 2.45) is 5.92 Å². The van der Waals surface area contributed by atoms with E-state index < -0.39 is 34.7 Å². The lowest BCUT2D eigenvalue weighted by Gasteiger charge is -2.21. The zero-order valence-electron chi connectivity index (χ0n) is 20.2. The van der Waals surface area contributed by atoms with E-state index in [1.807, 2.05) is 0 Å². The lowest BCUT2D eigenvalue weighted by atomic mass is 9.98. The number of hydrogen-bond acceptors (Lipinski definition) is 6. The van der Waals surface area contributed by atoms with Crippen LogP contribution < -0.4 is 15.6 Å². The lowest BCUT2D eigenvalue weighted by Crippen LogP contribution is -2.36. The molecule has 1 saturated carbocycles. The molecular weight excluding hydrogens is 472 g/mol. The summed E-state index contributed by atoms with van der Waals surface area (Å²) >= 11 is 0. The van der Waals surface area contributed by atoms with Crippen molar-refractivity contribution in [2.45, 2.75) is 64.1 Å². The van der Waals surface area contributed by atoms with Gasteiger partial charge in [-0.2, -0.15) is 10.2 Å². The highest BCUT2D eigenvalue weighted by atomic mass is 19.1. The fourth-order valence-electron chi connectivity index (χ4n) is 4.38. The highest BCUT2D eigenvalue weighted by Crippen LogP contribution is 2.32. The number of carbonyl (C=O) groups is 1. The van der Waals surface area contributed by atoms with E-state index in [9.17, 15) is 23.5 Å². The molecule has 0 unspecified atom stereocenters. The molecule has 1 atom stereocenters. The smallest absolute Gasteiger partial charge is 0.271 e. The minimum atomic E-state index is -0.976. The lowest BCUT2D eigenvalue weighted by molar-refractivity contribution is -0.120. The molecule has 2 N–H and O–H groups in total. The Kier molecular flexibility index (Phi) is 7.48. The highest BCUT2D eigenvalue weighted by Gasteiger charge is 2.29. The van der Waals surface area contributed by atoms with Gasteiger partial charge in [0.15, 0.2) is 23.1 Å². The summed E-state index contributed by atoms with van der Waals surface area (Å²) in [4.78, 5) is 26.2. The van der Waals surface area contributed by atoms with Gasteiger partial charge in [0.2, 0.25) is 0 Å². The first-order chi connectivity index (χ1) is 17.1. The van der Waals surface area contributed by atoms with Gasteiger partial charge in [-0.25, -0.2) is 13.5 Å². The molecule has 4 rings (SSSR count). The first-order valence-corrected chi connectivity index (χ1v) is 11.9. The molecule has 9 nitrogen and oxygen atoms in total. The molecule has 0 aliphatic heterocycles. The number of nitrogens with zero attached hydrogens (tertiary/aromatic N) is 4. The number of anilines is 1. The summed E-state index contributed by atoms with van der Waals surface area (Å²) in [6, 6.07) is 4.66. The van der Waals surface area contributed by atoms with Gasteiger partial charge in [0.1, 0.15) is 11.9 Å². The van der Waals surface area contributed by atoms with Crippen LogP contribution in [0.15, 0.2) is 47.5 Å². The summed E-state index contributed by atoms with van der Waals surface area (Å²) < 4.78 is 35.1. The molecule has 1 fully saturated rings. The van der Waals surface area contributed by atoms with Crippen molar-refractivity contribution in [3.05, 3.63) is 64.7 Å². The minimum absolute atomic E-state index is 0.0351. The number of halogens is 2. The average Bonchev–Trinajstić information content (AvgIpc) is 3.45. The van der Waals surface area contributed by atoms with Gasteiger partial charge in [0.25, 0.3) is 11.5 Å². The van der Waals surface area contributed by atoms with Crippen molar-refractivity contribution in [1.29, 1.82) is 0 Å². The molecule has 192 valence electrons. The Labute approximate surface area is 206 Å². The number of aliphatic hydroxyl groups is 1. The van der Waals surface area contributed by atoms with Gasteiger partial charge in [-0.05, 0) is 38.3 Å². The Morgan fingerprint density at radius 1 is 1.25 bits per heavy atom. The number of amides is 1. The first kappa shape index (κ1) is 25.5. The van der Waals surface area contributed by atoms with Gasteiger partial charge in [0, 0.05) is 24.4 Å². The maximum absolute atomic E-state index is 13.9. The van der Waals surface area contributed by atoms with Crippen molar-refractivity contribution in [3.63, 3.8) is 0 Å². The molecule has 0 radical (unpaired) electrons. The molecule has 2 aromatic heterocycles. The molecular formula is C25H29F2N5O4. The monoisotopic (exact) mass is 501 g/mol. The van der Waals surface area contributed by atoms with Gasteiger partial charge < -0.3 is 15.2 Å². The van der Waals surface area contributed by atoms with Crippen molar-refractivity contribution in [1.82, 2.24) is 19.6 Å². The van der Waals surface area contributed by atoms with E-state index in [1.54, 1.807) is 26.1 Å². The fourth-order valence-corrected chi connectivity index (χ4v) is 4.38. The van der Waals surface area contributed by atoms with Crippen LogP contribution in [-0.2, 0) is 11.3 Å². The van der Waals surface area contributed by atoms with E-state index in [1.165, 1.54) is 10.9 Å². The number of rotatable bonds is 9. The number of nitrogens with one attached hydrogen (secondary N) is 1. The van der Waals surface area contributed by atoms with E-state index in [0.29, 0.717) is 18.3 Å². The second kappa shape index (κ2) is 10.6. The Morgan fingerprint density at radius 3 is 2.67 bits per heavy atom. The average molecular weight is 502 g/mol. The van der Waals surface area contributed by atoms with Gasteiger partial charge >= 0.3 is 0 Å². The number of carbonyl (C=O) groups excluding carboxylic acids is 1. The minimum Gasteiger partial charge on any atom is -0.452 e. The summed E-state index contributed by atoms with van der Waals surface area (Å²) in [6.45, 7) is 3.55. The van der Waals surface area contributed by atoms with E-state index in [4.69, 9.17) is 4.74 Å². The van der Waals surface area contributed by atoms with Crippen molar-refractivity contribution < 1.29 is 23.4 Å². The van der Waals surface area contributed by atoms with E-state index >= 15 is 0 Å². The Balaban J connectivity index is 1.54. The predicted octanol–water partition coefficient (Wildman–Crippen LogP) is 4.04. The van der Waals surface area contributed by atoms with Gasteiger partial charge in [-0.3, -0.25) is 14.3 Å². The molecule has 0 spiro atoms. The molecule has 1 aliphatic carbocycles. The van der Waals surface area contributed by atoms with Gasteiger partial charge in [-0.15, -0.1) is 0 Å². The van der Waals surface area contributed by atoms with Crippen LogP contribution in [0.1, 0.15) is 52.0 Å². The van der Waals surface area contributed by atoms with Crippen LogP contribution in [0.3, 0.4) is 0 Å². The summed E-state index contributed by atoms with van der Waals surface area (Å²) in [5.41, 5.74) is -1.57. The standard InChI is InChI=1S/C25H29F2N5O4/c1-25(2,35)15-31-10-9-22(30-31)29-24(34)20(11-16-5-3-4-6-16)32-23(33)13-18(14-28-32)36-21-8-7-17(26)12-19(21)27/h7-10,12-14,16,20,35H,3-6,11,15H2,1-2H3,(H,29,30,34)/t20-/m1/s1. The predicted molar refractivity (Wildman–Crippen MR) is 128 cm³/mol. The maximum Gasteiger partial charge on any atom is 0.271 e. The third-order valence-corrected chi connectivity index (χ3v) is 5.99. The third-order valence-electron chi connectivity index (χ3n) is 5.99. The Hall–Kier alpha value is -3.60. The Morgan fingerprint density at radius 2 is 2.00 bits per heavy atom. The number of aromatic nitrogens is 4. The quantitative estimate of drug-likeness (QED) is 0.458. The van der Waals surface area contributed by atoms with Crippen LogP contribution in [0.25, 0.3) is 0 Å². The summed E-state index contributed by atoms with van der Waals surface area (Å²) in [7, 11) is 0. The van der Waals surface area contributed by atoms with E-state index in [0.717, 1.165) is 48.6 Å². The summed E-state index contributed by atoms with van der Waals surface area (Å²) in [5.74, 6) is -1.83. The van der Waals surface area contributed by atoms with Crippen LogP contribution in [0.4, 0.5) is 14.6 Å². The van der Waals surface area contributed by atoms with Gasteiger partial charge in [0.05, 0.1) is 18.3 Å². The van der Waals surface area contributed by atoms with Crippen LogP contribution in [-0.4, -0.2) is 36.2 Å². The maximum atomic E-state index is 13.9. The molecule has 0 bridgehead atoms. The summed E-state index contributed by atoms with van der Waals surface area (Å²) in [6.07, 6.45) is 7.35. The zero-order valence-corrected chi connectivity index (χ0v) is 20.2. The topological polar surface area (TPSA) is 111 Å². The van der Waals surface area contributed by atoms with Crippen molar-refractivity contribution in [2.75, 3.05) is 5.32 Å². The number of benzene rings is 1. The van der Waals surface area contributed by atoms with Crippen molar-refractivity contribution >= 4 is 11.7 Å². The molecule has 0 saturated heterocycles. The fraction of sp³-hybridized carbons (Fsp3) is 0.440. The van der Waals surface area contributed by atoms with Crippen molar-refractivity contribution in [3.8, 4) is 11.5 Å². The SMILES string of the molecule is CC(C)(O)Cn1ccc(NC(=O)[C@@H](CC2CCCC2)n2ncc(Oc3ccc(F)cc3F)cc2=O)n1. The normalized spacial score (nSPS) is 15.1. The summed E-state index contributed by atoms with van der Waals surface area (Å²) in [5, 5.41) is 21.2. The van der Waals surface area contributed by atoms with E-state index in [2.05, 4.69) is 15.5 Å². The highest BCUT2D eigenvalue weighted by molar-refractivity contribution is 5.92. The first-order valence-electron chi connectivity index (χ1n) is 11.9. The van der Waals surface area contributed by atoms with Crippen LogP contribution in [0, 0.1) is 17.6 Å². The molecule has 2 heterocycles. The second-order valence-electron chi connectivity index (χ2n) is 9.75. The Bertz CT molecular complexity index is 1280. The molecule has 1 amide bonds. The zero-order chi connectivity index (χ0) is 25.9. The van der Waals surface area contributed by atoms with Crippen LogP contribution in [0.2, 0.25) is 0 Å². The molecule has 3 aromatic rings. The molecule has 1 aliphatic rings. The number of hydrogen-bond donors (Lipinski definition) is 2. The number of ether oxygens (including phenoxy) is 1. The largest absolute Gasteiger partial charge is 0.452 e.